The first-order valence-electron chi connectivity index (χ1n) is 15.6. The van der Waals surface area contributed by atoms with Crippen molar-refractivity contribution < 1.29 is 37.1 Å². The maximum Gasteiger partial charge on any atom is 0.417 e. The molecule has 2 fully saturated rings. The molecule has 13 nitrogen and oxygen atoms in total. The molecule has 0 saturated carbocycles. The van der Waals surface area contributed by atoms with Gasteiger partial charge in [0.1, 0.15) is 5.82 Å². The van der Waals surface area contributed by atoms with E-state index >= 15 is 4.39 Å². The number of benzene rings is 1. The largest absolute Gasteiger partial charge is 0.481 e. The molecule has 0 aliphatic carbocycles. The average molecular weight is 689 g/mol. The van der Waals surface area contributed by atoms with Gasteiger partial charge in [0.15, 0.2) is 0 Å². The summed E-state index contributed by atoms with van der Waals surface area (Å²) in [6, 6.07) is 2.94. The minimum atomic E-state index is -4.98. The predicted octanol–water partition coefficient (Wildman–Crippen LogP) is 3.28. The number of aromatic nitrogens is 3. The molecule has 5 rings (SSSR count). The molecule has 3 aromatic rings. The number of aromatic amines is 1. The monoisotopic (exact) mass is 688 g/mol. The smallest absolute Gasteiger partial charge is 0.417 e. The van der Waals surface area contributed by atoms with E-state index in [1.165, 1.54) is 24.5 Å². The van der Waals surface area contributed by atoms with Crippen LogP contribution in [0.2, 0.25) is 0 Å². The zero-order chi connectivity index (χ0) is 35.6. The van der Waals surface area contributed by atoms with Gasteiger partial charge in [0.05, 0.1) is 28.9 Å². The molecule has 0 bridgehead atoms. The number of pyridine rings is 1. The van der Waals surface area contributed by atoms with Gasteiger partial charge in [-0.2, -0.15) is 13.2 Å². The molecule has 17 heteroatoms. The Hall–Kier alpha value is -5.06. The highest BCUT2D eigenvalue weighted by Crippen LogP contribution is 2.37. The Morgan fingerprint density at radius 3 is 2.20 bits per heavy atom. The van der Waals surface area contributed by atoms with Crippen LogP contribution in [0, 0.1) is 5.82 Å². The number of halogens is 4. The van der Waals surface area contributed by atoms with E-state index in [-0.39, 0.29) is 53.3 Å². The maximum atomic E-state index is 15.9. The van der Waals surface area contributed by atoms with Gasteiger partial charge >= 0.3 is 12.1 Å². The highest BCUT2D eigenvalue weighted by molar-refractivity contribution is 6.07. The number of carboxylic acids is 1. The molecule has 1 aromatic carbocycles. The SMILES string of the molecule is CC1CN(c2cc(F)c(-c3cnc(N4CCN(C(=O)CCC(=O)O)CC4)nc3)cc2NC(=O)c2c[nH]c(=O)cc2C(F)(F)F)C[C@@H](C)N1C. The van der Waals surface area contributed by atoms with E-state index in [1.54, 1.807) is 4.90 Å². The number of likely N-dealkylation sites (N-methyl/N-ethyl adjacent to an activating group) is 1. The van der Waals surface area contributed by atoms with Crippen LogP contribution in [-0.2, 0) is 15.8 Å². The number of nitrogens with one attached hydrogen (secondary N) is 2. The second-order valence-electron chi connectivity index (χ2n) is 12.2. The van der Waals surface area contributed by atoms with Crippen molar-refractivity contribution in [1.82, 2.24) is 24.8 Å². The number of carboxylic acid groups (broad SMARTS) is 1. The van der Waals surface area contributed by atoms with Crippen LogP contribution in [0.1, 0.15) is 42.6 Å². The summed E-state index contributed by atoms with van der Waals surface area (Å²) in [5, 5.41) is 11.4. The molecule has 2 amide bonds. The van der Waals surface area contributed by atoms with E-state index in [2.05, 4.69) is 25.2 Å². The summed E-state index contributed by atoms with van der Waals surface area (Å²) in [5.74, 6) is -2.79. The van der Waals surface area contributed by atoms with Gasteiger partial charge in [-0.3, -0.25) is 24.1 Å². The predicted molar refractivity (Wildman–Crippen MR) is 172 cm³/mol. The van der Waals surface area contributed by atoms with Gasteiger partial charge in [-0.25, -0.2) is 14.4 Å². The summed E-state index contributed by atoms with van der Waals surface area (Å²) in [7, 11) is 1.96. The van der Waals surface area contributed by atoms with E-state index in [0.29, 0.717) is 57.5 Å². The minimum Gasteiger partial charge on any atom is -0.481 e. The van der Waals surface area contributed by atoms with Crippen molar-refractivity contribution in [2.75, 3.05) is 61.4 Å². The summed E-state index contributed by atoms with van der Waals surface area (Å²) in [4.78, 5) is 66.4. The van der Waals surface area contributed by atoms with Crippen molar-refractivity contribution in [1.29, 1.82) is 0 Å². The Balaban J connectivity index is 1.43. The third kappa shape index (κ3) is 7.98. The molecule has 1 unspecified atom stereocenters. The second-order valence-corrected chi connectivity index (χ2v) is 12.2. The van der Waals surface area contributed by atoms with Crippen LogP contribution in [0.15, 0.2) is 41.6 Å². The molecule has 2 saturated heterocycles. The number of aliphatic carboxylic acids is 1. The van der Waals surface area contributed by atoms with E-state index in [4.69, 9.17) is 5.11 Å². The number of H-pyrrole nitrogens is 1. The lowest BCUT2D eigenvalue weighted by Crippen LogP contribution is -2.55. The standard InChI is InChI=1S/C32H36F4N8O5/c1-18-16-44(17-19(2)41(18)3)26-12-24(33)21(10-25(26)40-30(49)22-15-37-27(45)11-23(22)32(34,35)36)20-13-38-31(39-14-20)43-8-6-42(7-9-43)28(46)4-5-29(47)48/h10-15,18-19H,4-9,16-17H2,1-3H3,(H,37,45)(H,40,49)(H,47,48)/t18-,19?/m1/s1. The van der Waals surface area contributed by atoms with Crippen molar-refractivity contribution in [3.63, 3.8) is 0 Å². The number of hydrogen-bond acceptors (Lipinski definition) is 9. The number of hydrogen-bond donors (Lipinski definition) is 3. The fourth-order valence-corrected chi connectivity index (χ4v) is 5.98. The van der Waals surface area contributed by atoms with Gasteiger partial charge in [-0.1, -0.05) is 0 Å². The Morgan fingerprint density at radius 1 is 0.980 bits per heavy atom. The van der Waals surface area contributed by atoms with Gasteiger partial charge in [0.2, 0.25) is 17.4 Å². The molecular weight excluding hydrogens is 652 g/mol. The van der Waals surface area contributed by atoms with Crippen LogP contribution in [0.3, 0.4) is 0 Å². The Labute approximate surface area is 278 Å². The molecule has 0 spiro atoms. The second kappa shape index (κ2) is 14.2. The molecule has 2 aliphatic heterocycles. The average Bonchev–Trinajstić information content (AvgIpc) is 3.06. The summed E-state index contributed by atoms with van der Waals surface area (Å²) in [5.41, 5.74) is -2.68. The first-order chi connectivity index (χ1) is 23.1. The lowest BCUT2D eigenvalue weighted by atomic mass is 10.0. The number of piperazine rings is 2. The Kier molecular flexibility index (Phi) is 10.2. The van der Waals surface area contributed by atoms with E-state index in [0.717, 1.165) is 0 Å². The quantitative estimate of drug-likeness (QED) is 0.301. The fourth-order valence-electron chi connectivity index (χ4n) is 5.98. The Bertz CT molecular complexity index is 1760. The van der Waals surface area contributed by atoms with Crippen molar-refractivity contribution >= 4 is 35.1 Å². The zero-order valence-electron chi connectivity index (χ0n) is 27.1. The Morgan fingerprint density at radius 2 is 1.61 bits per heavy atom. The molecular formula is C32H36F4N8O5. The molecule has 2 aromatic heterocycles. The van der Waals surface area contributed by atoms with E-state index in [9.17, 15) is 32.3 Å². The molecule has 49 heavy (non-hydrogen) atoms. The van der Waals surface area contributed by atoms with E-state index < -0.39 is 40.6 Å². The first-order valence-corrected chi connectivity index (χ1v) is 15.6. The van der Waals surface area contributed by atoms with Gasteiger partial charge in [0, 0.05) is 93.6 Å². The molecule has 4 heterocycles. The number of carbonyl (C=O) groups is 3. The van der Waals surface area contributed by atoms with Crippen molar-refractivity contribution in [2.45, 2.75) is 44.9 Å². The van der Waals surface area contributed by atoms with Crippen molar-refractivity contribution in [3.05, 3.63) is 64.1 Å². The van der Waals surface area contributed by atoms with Gasteiger partial charge in [-0.05, 0) is 33.0 Å². The summed E-state index contributed by atoms with van der Waals surface area (Å²) >= 11 is 0. The molecule has 262 valence electrons. The van der Waals surface area contributed by atoms with Crippen molar-refractivity contribution in [2.24, 2.45) is 0 Å². The number of amides is 2. The van der Waals surface area contributed by atoms with Gasteiger partial charge in [0.25, 0.3) is 5.91 Å². The van der Waals surface area contributed by atoms with Crippen LogP contribution in [-0.4, -0.2) is 106 Å². The third-order valence-corrected chi connectivity index (χ3v) is 8.93. The highest BCUT2D eigenvalue weighted by atomic mass is 19.4. The highest BCUT2D eigenvalue weighted by Gasteiger charge is 2.36. The third-order valence-electron chi connectivity index (χ3n) is 8.93. The molecule has 2 aliphatic rings. The minimum absolute atomic E-state index is 0.00724. The molecule has 2 atom stereocenters. The topological polar surface area (TPSA) is 155 Å². The first kappa shape index (κ1) is 35.3. The maximum absolute atomic E-state index is 15.9. The summed E-state index contributed by atoms with van der Waals surface area (Å²) in [6.45, 7) is 6.34. The molecule has 3 N–H and O–H groups in total. The lowest BCUT2D eigenvalue weighted by Gasteiger charge is -2.44. The van der Waals surface area contributed by atoms with E-state index in [1.807, 2.05) is 30.7 Å². The van der Waals surface area contributed by atoms with Gasteiger partial charge in [-0.15, -0.1) is 0 Å². The number of nitrogens with zero attached hydrogens (tertiary/aromatic N) is 6. The van der Waals surface area contributed by atoms with Crippen LogP contribution in [0.25, 0.3) is 11.1 Å². The van der Waals surface area contributed by atoms with Crippen LogP contribution in [0.5, 0.6) is 0 Å². The molecule has 0 radical (unpaired) electrons. The van der Waals surface area contributed by atoms with Crippen LogP contribution < -0.4 is 20.7 Å². The van der Waals surface area contributed by atoms with Crippen LogP contribution in [0.4, 0.5) is 34.9 Å². The summed E-state index contributed by atoms with van der Waals surface area (Å²) in [6.07, 6.45) is -1.85. The lowest BCUT2D eigenvalue weighted by molar-refractivity contribution is -0.141. The number of rotatable bonds is 8. The van der Waals surface area contributed by atoms with Crippen LogP contribution >= 0.6 is 0 Å². The van der Waals surface area contributed by atoms with Crippen molar-refractivity contribution in [3.8, 4) is 11.1 Å². The number of anilines is 3. The fraction of sp³-hybridized carbons (Fsp3) is 0.438. The number of alkyl halides is 3. The summed E-state index contributed by atoms with van der Waals surface area (Å²) < 4.78 is 57.2. The number of carbonyl (C=O) groups excluding carboxylic acids is 2. The zero-order valence-corrected chi connectivity index (χ0v) is 27.1. The normalized spacial score (nSPS) is 18.8. The van der Waals surface area contributed by atoms with Gasteiger partial charge < -0.3 is 30.1 Å².